The molecule has 0 N–H and O–H groups in total. The van der Waals surface area contributed by atoms with Gasteiger partial charge in [-0.3, -0.25) is 9.97 Å². The lowest BCUT2D eigenvalue weighted by Gasteiger charge is -2.08. The van der Waals surface area contributed by atoms with Crippen LogP contribution in [0.5, 0.6) is 0 Å². The summed E-state index contributed by atoms with van der Waals surface area (Å²) in [6.07, 6.45) is 6.59. The van der Waals surface area contributed by atoms with Gasteiger partial charge in [0.2, 0.25) is 0 Å². The molecule has 0 unspecified atom stereocenters. The first-order chi connectivity index (χ1) is 12.2. The van der Waals surface area contributed by atoms with Crippen LogP contribution in [0.3, 0.4) is 0 Å². The van der Waals surface area contributed by atoms with Crippen molar-refractivity contribution in [2.24, 2.45) is 0 Å². The van der Waals surface area contributed by atoms with Gasteiger partial charge in [-0.2, -0.15) is 0 Å². The van der Waals surface area contributed by atoms with Gasteiger partial charge in [-0.25, -0.2) is 15.0 Å². The molecule has 4 aromatic rings. The zero-order chi connectivity index (χ0) is 17.2. The molecule has 0 saturated heterocycles. The van der Waals surface area contributed by atoms with Crippen molar-refractivity contribution in [1.82, 2.24) is 24.9 Å². The van der Waals surface area contributed by atoms with Gasteiger partial charge in [0, 0.05) is 22.9 Å². The molecular formula is C17H9Cl2N5S. The first-order valence-electron chi connectivity index (χ1n) is 7.23. The summed E-state index contributed by atoms with van der Waals surface area (Å²) in [6.45, 7) is 0. The number of benzene rings is 1. The van der Waals surface area contributed by atoms with Crippen LogP contribution < -0.4 is 0 Å². The number of hydrogen-bond donors (Lipinski definition) is 0. The van der Waals surface area contributed by atoms with E-state index in [9.17, 15) is 0 Å². The van der Waals surface area contributed by atoms with Gasteiger partial charge in [0.15, 0.2) is 5.16 Å². The molecule has 25 heavy (non-hydrogen) atoms. The maximum atomic E-state index is 6.56. The molecule has 3 heterocycles. The predicted molar refractivity (Wildman–Crippen MR) is 98.9 cm³/mol. The minimum Gasteiger partial charge on any atom is -0.261 e. The van der Waals surface area contributed by atoms with Crippen LogP contribution in [-0.4, -0.2) is 24.9 Å². The second-order valence-corrected chi connectivity index (χ2v) is 6.78. The number of aromatic nitrogens is 5. The van der Waals surface area contributed by atoms with Gasteiger partial charge in [0.1, 0.15) is 10.7 Å². The normalized spacial score (nSPS) is 11.0. The van der Waals surface area contributed by atoms with Crippen LogP contribution in [0, 0.1) is 0 Å². The summed E-state index contributed by atoms with van der Waals surface area (Å²) in [6, 6.07) is 9.26. The highest BCUT2D eigenvalue weighted by molar-refractivity contribution is 7.99. The zero-order valence-corrected chi connectivity index (χ0v) is 14.9. The van der Waals surface area contributed by atoms with Crippen LogP contribution in [0.15, 0.2) is 65.2 Å². The van der Waals surface area contributed by atoms with E-state index in [1.165, 1.54) is 11.8 Å². The molecule has 122 valence electrons. The average molecular weight is 386 g/mol. The van der Waals surface area contributed by atoms with Gasteiger partial charge in [0.25, 0.3) is 0 Å². The minimum atomic E-state index is 0.413. The summed E-state index contributed by atoms with van der Waals surface area (Å²) in [5.74, 6) is 0. The molecule has 0 aliphatic carbocycles. The Morgan fingerprint density at radius 3 is 2.60 bits per heavy atom. The Kier molecular flexibility index (Phi) is 4.48. The Balaban J connectivity index is 1.70. The van der Waals surface area contributed by atoms with Crippen molar-refractivity contribution in [2.45, 2.75) is 10.1 Å². The van der Waals surface area contributed by atoms with Crippen molar-refractivity contribution in [3.63, 3.8) is 0 Å². The second-order valence-electron chi connectivity index (χ2n) is 5.00. The molecule has 0 aliphatic rings. The molecule has 8 heteroatoms. The van der Waals surface area contributed by atoms with Crippen LogP contribution in [0.2, 0.25) is 10.2 Å². The largest absolute Gasteiger partial charge is 0.261 e. The van der Waals surface area contributed by atoms with Crippen molar-refractivity contribution in [3.05, 3.63) is 65.3 Å². The van der Waals surface area contributed by atoms with Crippen LogP contribution in [0.1, 0.15) is 0 Å². The molecule has 0 spiro atoms. The van der Waals surface area contributed by atoms with Crippen molar-refractivity contribution in [3.8, 4) is 11.3 Å². The van der Waals surface area contributed by atoms with E-state index >= 15 is 0 Å². The summed E-state index contributed by atoms with van der Waals surface area (Å²) >= 11 is 13.8. The standard InChI is InChI=1S/C17H9Cl2N5S/c18-15-5-4-11-13(23-15)9-22-17(24-11)25-14-3-1-2-10(16(14)19)12-8-20-6-7-21-12/h1-9H. The van der Waals surface area contributed by atoms with Gasteiger partial charge in [0.05, 0.1) is 28.6 Å². The fourth-order valence-electron chi connectivity index (χ4n) is 2.25. The number of fused-ring (bicyclic) bond motifs is 1. The lowest BCUT2D eigenvalue weighted by Crippen LogP contribution is -1.91. The van der Waals surface area contributed by atoms with E-state index in [1.54, 1.807) is 30.9 Å². The Morgan fingerprint density at radius 2 is 1.76 bits per heavy atom. The van der Waals surface area contributed by atoms with E-state index in [0.717, 1.165) is 16.0 Å². The zero-order valence-electron chi connectivity index (χ0n) is 12.6. The lowest BCUT2D eigenvalue weighted by molar-refractivity contribution is 0.996. The number of halogens is 2. The maximum absolute atomic E-state index is 6.56. The quantitative estimate of drug-likeness (QED) is 0.367. The summed E-state index contributed by atoms with van der Waals surface area (Å²) in [7, 11) is 0. The maximum Gasteiger partial charge on any atom is 0.193 e. The van der Waals surface area contributed by atoms with Gasteiger partial charge in [-0.15, -0.1) is 0 Å². The number of hydrogen-bond acceptors (Lipinski definition) is 6. The highest BCUT2D eigenvalue weighted by atomic mass is 35.5. The predicted octanol–water partition coefficient (Wildman–Crippen LogP) is 4.94. The van der Waals surface area contributed by atoms with Crippen LogP contribution >= 0.6 is 35.0 Å². The topological polar surface area (TPSA) is 64.5 Å². The summed E-state index contributed by atoms with van der Waals surface area (Å²) < 4.78 is 0. The first kappa shape index (κ1) is 16.2. The average Bonchev–Trinajstić information content (AvgIpc) is 2.64. The van der Waals surface area contributed by atoms with E-state index in [0.29, 0.717) is 26.5 Å². The molecular weight excluding hydrogens is 377 g/mol. The van der Waals surface area contributed by atoms with Gasteiger partial charge < -0.3 is 0 Å². The van der Waals surface area contributed by atoms with Crippen molar-refractivity contribution in [1.29, 1.82) is 0 Å². The smallest absolute Gasteiger partial charge is 0.193 e. The van der Waals surface area contributed by atoms with Crippen molar-refractivity contribution in [2.75, 3.05) is 0 Å². The monoisotopic (exact) mass is 385 g/mol. The van der Waals surface area contributed by atoms with Crippen LogP contribution in [-0.2, 0) is 0 Å². The Morgan fingerprint density at radius 1 is 0.840 bits per heavy atom. The molecule has 0 aliphatic heterocycles. The second kappa shape index (κ2) is 6.92. The Hall–Kier alpha value is -2.28. The molecule has 0 bridgehead atoms. The molecule has 1 aromatic carbocycles. The first-order valence-corrected chi connectivity index (χ1v) is 8.80. The summed E-state index contributed by atoms with van der Waals surface area (Å²) in [5.41, 5.74) is 2.90. The van der Waals surface area contributed by atoms with Gasteiger partial charge in [-0.05, 0) is 30.0 Å². The molecule has 0 amide bonds. The highest BCUT2D eigenvalue weighted by Crippen LogP contribution is 2.37. The molecule has 0 atom stereocenters. The SMILES string of the molecule is Clc1ccc2nc(Sc3cccc(-c4cnccn4)c3Cl)ncc2n1. The fourth-order valence-corrected chi connectivity index (χ4v) is 3.54. The molecule has 5 nitrogen and oxygen atoms in total. The van der Waals surface area contributed by atoms with Crippen molar-refractivity contribution >= 4 is 46.0 Å². The highest BCUT2D eigenvalue weighted by Gasteiger charge is 2.12. The Bertz CT molecular complexity index is 1060. The third-order valence-electron chi connectivity index (χ3n) is 3.39. The summed E-state index contributed by atoms with van der Waals surface area (Å²) in [4.78, 5) is 22.2. The minimum absolute atomic E-state index is 0.413. The Labute approximate surface area is 157 Å². The van der Waals surface area contributed by atoms with Crippen LogP contribution in [0.4, 0.5) is 0 Å². The molecule has 0 radical (unpaired) electrons. The molecule has 3 aromatic heterocycles. The number of nitrogens with zero attached hydrogens (tertiary/aromatic N) is 5. The summed E-state index contributed by atoms with van der Waals surface area (Å²) in [5, 5.41) is 1.58. The van der Waals surface area contributed by atoms with Crippen LogP contribution in [0.25, 0.3) is 22.3 Å². The number of pyridine rings is 1. The molecule has 0 saturated carbocycles. The fraction of sp³-hybridized carbons (Fsp3) is 0. The third kappa shape index (κ3) is 3.42. The van der Waals surface area contributed by atoms with E-state index in [4.69, 9.17) is 23.2 Å². The van der Waals surface area contributed by atoms with E-state index < -0.39 is 0 Å². The third-order valence-corrected chi connectivity index (χ3v) is 5.05. The van der Waals surface area contributed by atoms with Crippen molar-refractivity contribution < 1.29 is 0 Å². The number of rotatable bonds is 3. The van der Waals surface area contributed by atoms with E-state index in [2.05, 4.69) is 24.9 Å². The van der Waals surface area contributed by atoms with Gasteiger partial charge in [-0.1, -0.05) is 35.3 Å². The van der Waals surface area contributed by atoms with E-state index in [-0.39, 0.29) is 0 Å². The molecule has 4 rings (SSSR count). The molecule has 0 fully saturated rings. The van der Waals surface area contributed by atoms with Gasteiger partial charge >= 0.3 is 0 Å². The lowest BCUT2D eigenvalue weighted by atomic mass is 10.1. The van der Waals surface area contributed by atoms with E-state index in [1.807, 2.05) is 24.3 Å².